The second kappa shape index (κ2) is 3.98. The van der Waals surface area contributed by atoms with Crippen molar-refractivity contribution < 1.29 is 9.59 Å². The zero-order valence-corrected chi connectivity index (χ0v) is 8.70. The molecule has 0 unspecified atom stereocenters. The van der Waals surface area contributed by atoms with Crippen molar-refractivity contribution >= 4 is 29.2 Å². The lowest BCUT2D eigenvalue weighted by atomic mass is 10.1. The zero-order chi connectivity index (χ0) is 10.8. The monoisotopic (exact) mass is 224 g/mol. The second-order valence-electron chi connectivity index (χ2n) is 3.29. The van der Waals surface area contributed by atoms with Crippen molar-refractivity contribution in [1.82, 2.24) is 4.98 Å². The molecule has 15 heavy (non-hydrogen) atoms. The molecule has 1 saturated heterocycles. The highest BCUT2D eigenvalue weighted by Gasteiger charge is 2.29. The van der Waals surface area contributed by atoms with Gasteiger partial charge in [0, 0.05) is 19.0 Å². The highest BCUT2D eigenvalue weighted by atomic mass is 35.5. The predicted molar refractivity (Wildman–Crippen MR) is 55.6 cm³/mol. The standard InChI is InChI=1S/C10H9ClN2O2/c11-7-3-2-6-12-10(7)13-8(14)4-1-5-9(13)15/h2-3,6H,1,4-5H2. The van der Waals surface area contributed by atoms with Crippen molar-refractivity contribution in [2.45, 2.75) is 19.3 Å². The Balaban J connectivity index is 2.40. The lowest BCUT2D eigenvalue weighted by Gasteiger charge is -2.24. The molecule has 2 amide bonds. The average molecular weight is 225 g/mol. The van der Waals surface area contributed by atoms with E-state index in [0.29, 0.717) is 24.3 Å². The number of anilines is 1. The van der Waals surface area contributed by atoms with Gasteiger partial charge in [0.25, 0.3) is 0 Å². The topological polar surface area (TPSA) is 50.3 Å². The van der Waals surface area contributed by atoms with E-state index in [9.17, 15) is 9.59 Å². The Hall–Kier alpha value is -1.42. The smallest absolute Gasteiger partial charge is 0.235 e. The fourth-order valence-electron chi connectivity index (χ4n) is 1.53. The summed E-state index contributed by atoms with van der Waals surface area (Å²) in [7, 11) is 0. The van der Waals surface area contributed by atoms with Gasteiger partial charge in [0.05, 0.1) is 5.02 Å². The van der Waals surface area contributed by atoms with Crippen LogP contribution in [0.4, 0.5) is 5.82 Å². The lowest BCUT2D eigenvalue weighted by Crippen LogP contribution is -2.40. The first-order valence-corrected chi connectivity index (χ1v) is 5.04. The summed E-state index contributed by atoms with van der Waals surface area (Å²) < 4.78 is 0. The van der Waals surface area contributed by atoms with Crippen LogP contribution in [0.15, 0.2) is 18.3 Å². The number of pyridine rings is 1. The molecule has 0 N–H and O–H groups in total. The molecule has 0 aromatic carbocycles. The van der Waals surface area contributed by atoms with Gasteiger partial charge in [0.2, 0.25) is 11.8 Å². The lowest BCUT2D eigenvalue weighted by molar-refractivity contribution is -0.129. The van der Waals surface area contributed by atoms with Crippen LogP contribution < -0.4 is 4.90 Å². The summed E-state index contributed by atoms with van der Waals surface area (Å²) in [5, 5.41) is 0.320. The van der Waals surface area contributed by atoms with Crippen LogP contribution in [-0.2, 0) is 9.59 Å². The summed E-state index contributed by atoms with van der Waals surface area (Å²) in [6.45, 7) is 0. The van der Waals surface area contributed by atoms with E-state index in [1.54, 1.807) is 12.1 Å². The van der Waals surface area contributed by atoms with Gasteiger partial charge < -0.3 is 0 Å². The van der Waals surface area contributed by atoms with Crippen LogP contribution in [-0.4, -0.2) is 16.8 Å². The number of amides is 2. The van der Waals surface area contributed by atoms with Crippen LogP contribution in [0, 0.1) is 0 Å². The molecule has 1 fully saturated rings. The van der Waals surface area contributed by atoms with Crippen LogP contribution in [0.2, 0.25) is 5.02 Å². The number of hydrogen-bond acceptors (Lipinski definition) is 3. The van der Waals surface area contributed by atoms with Crippen LogP contribution in [0.5, 0.6) is 0 Å². The summed E-state index contributed by atoms with van der Waals surface area (Å²) in [4.78, 5) is 28.2. The largest absolute Gasteiger partial charge is 0.274 e. The Labute approximate surface area is 91.9 Å². The van der Waals surface area contributed by atoms with Gasteiger partial charge in [0.15, 0.2) is 5.82 Å². The molecular weight excluding hydrogens is 216 g/mol. The first kappa shape index (κ1) is 10.1. The molecule has 0 atom stereocenters. The van der Waals surface area contributed by atoms with Gasteiger partial charge in [-0.3, -0.25) is 9.59 Å². The molecule has 1 aliphatic rings. The molecule has 4 nitrogen and oxygen atoms in total. The van der Waals surface area contributed by atoms with Gasteiger partial charge in [-0.1, -0.05) is 11.6 Å². The Morgan fingerprint density at radius 2 is 1.93 bits per heavy atom. The quantitative estimate of drug-likeness (QED) is 0.684. The molecule has 78 valence electrons. The molecule has 5 heteroatoms. The van der Waals surface area contributed by atoms with E-state index in [1.165, 1.54) is 6.20 Å². The molecule has 0 radical (unpaired) electrons. The third-order valence-electron chi connectivity index (χ3n) is 2.23. The minimum Gasteiger partial charge on any atom is -0.274 e. The Morgan fingerprint density at radius 1 is 1.27 bits per heavy atom. The number of hydrogen-bond donors (Lipinski definition) is 0. The van der Waals surface area contributed by atoms with Crippen LogP contribution in [0.3, 0.4) is 0 Å². The van der Waals surface area contributed by atoms with Gasteiger partial charge in [-0.2, -0.15) is 0 Å². The number of aromatic nitrogens is 1. The Kier molecular flexibility index (Phi) is 2.68. The maximum atomic E-state index is 11.6. The number of piperidine rings is 1. The van der Waals surface area contributed by atoms with Crippen LogP contribution in [0.1, 0.15) is 19.3 Å². The van der Waals surface area contributed by atoms with Crippen LogP contribution in [0.25, 0.3) is 0 Å². The maximum absolute atomic E-state index is 11.6. The number of nitrogens with zero attached hydrogens (tertiary/aromatic N) is 2. The van der Waals surface area contributed by atoms with E-state index >= 15 is 0 Å². The normalized spacial score (nSPS) is 17.0. The molecule has 2 heterocycles. The third kappa shape index (κ3) is 1.85. The van der Waals surface area contributed by atoms with Crippen molar-refractivity contribution in [2.24, 2.45) is 0 Å². The Bertz CT molecular complexity index is 404. The number of carbonyl (C=O) groups excluding carboxylic acids is 2. The van der Waals surface area contributed by atoms with E-state index in [1.807, 2.05) is 0 Å². The molecule has 1 aromatic heterocycles. The van der Waals surface area contributed by atoms with Crippen molar-refractivity contribution in [3.8, 4) is 0 Å². The van der Waals surface area contributed by atoms with E-state index in [0.717, 1.165) is 4.90 Å². The molecule has 1 aliphatic heterocycles. The summed E-state index contributed by atoms with van der Waals surface area (Å²) in [5.74, 6) is -0.215. The van der Waals surface area contributed by atoms with Crippen molar-refractivity contribution in [2.75, 3.05) is 4.90 Å². The fourth-order valence-corrected chi connectivity index (χ4v) is 1.74. The first-order chi connectivity index (χ1) is 7.20. The highest BCUT2D eigenvalue weighted by molar-refractivity contribution is 6.34. The minimum atomic E-state index is -0.230. The fraction of sp³-hybridized carbons (Fsp3) is 0.300. The van der Waals surface area contributed by atoms with Crippen LogP contribution >= 0.6 is 11.6 Å². The molecular formula is C10H9ClN2O2. The zero-order valence-electron chi connectivity index (χ0n) is 7.94. The number of imide groups is 1. The van der Waals surface area contributed by atoms with Gasteiger partial charge in [0.1, 0.15) is 0 Å². The summed E-state index contributed by atoms with van der Waals surface area (Å²) in [6.07, 6.45) is 2.87. The summed E-state index contributed by atoms with van der Waals surface area (Å²) in [5.41, 5.74) is 0. The minimum absolute atomic E-state index is 0.230. The van der Waals surface area contributed by atoms with Gasteiger partial charge in [-0.15, -0.1) is 0 Å². The molecule has 0 bridgehead atoms. The first-order valence-electron chi connectivity index (χ1n) is 4.66. The number of carbonyl (C=O) groups is 2. The SMILES string of the molecule is O=C1CCCC(=O)N1c1ncccc1Cl. The van der Waals surface area contributed by atoms with E-state index in [4.69, 9.17) is 11.6 Å². The third-order valence-corrected chi connectivity index (χ3v) is 2.53. The van der Waals surface area contributed by atoms with E-state index in [-0.39, 0.29) is 17.6 Å². The summed E-state index contributed by atoms with van der Waals surface area (Å²) >= 11 is 5.88. The molecule has 0 aliphatic carbocycles. The van der Waals surface area contributed by atoms with Gasteiger partial charge >= 0.3 is 0 Å². The number of rotatable bonds is 1. The van der Waals surface area contributed by atoms with E-state index in [2.05, 4.69) is 4.98 Å². The van der Waals surface area contributed by atoms with Gasteiger partial charge in [-0.05, 0) is 18.6 Å². The highest BCUT2D eigenvalue weighted by Crippen LogP contribution is 2.26. The molecule has 2 rings (SSSR count). The summed E-state index contributed by atoms with van der Waals surface area (Å²) in [6, 6.07) is 3.27. The maximum Gasteiger partial charge on any atom is 0.235 e. The van der Waals surface area contributed by atoms with Gasteiger partial charge in [-0.25, -0.2) is 9.88 Å². The van der Waals surface area contributed by atoms with Crippen molar-refractivity contribution in [1.29, 1.82) is 0 Å². The van der Waals surface area contributed by atoms with E-state index < -0.39 is 0 Å². The predicted octanol–water partition coefficient (Wildman–Crippen LogP) is 1.78. The second-order valence-corrected chi connectivity index (χ2v) is 3.69. The van der Waals surface area contributed by atoms with Crippen molar-refractivity contribution in [3.05, 3.63) is 23.4 Å². The molecule has 1 aromatic rings. The molecule has 0 spiro atoms. The Morgan fingerprint density at radius 3 is 2.53 bits per heavy atom. The van der Waals surface area contributed by atoms with Crippen molar-refractivity contribution in [3.63, 3.8) is 0 Å². The average Bonchev–Trinajstić information content (AvgIpc) is 2.20. The molecule has 0 saturated carbocycles. The number of halogens is 1.